The van der Waals surface area contributed by atoms with Crippen LogP contribution in [0.1, 0.15) is 46.5 Å². The number of carbonyl (C=O) groups excluding carboxylic acids is 1. The van der Waals surface area contributed by atoms with Crippen LogP contribution in [0.15, 0.2) is 0 Å². The molecule has 1 saturated carbocycles. The van der Waals surface area contributed by atoms with E-state index in [-0.39, 0.29) is 11.3 Å². The smallest absolute Gasteiger partial charge is 0.223 e. The van der Waals surface area contributed by atoms with E-state index < -0.39 is 0 Å². The highest BCUT2D eigenvalue weighted by Crippen LogP contribution is 2.43. The van der Waals surface area contributed by atoms with Gasteiger partial charge in [-0.15, -0.1) is 0 Å². The summed E-state index contributed by atoms with van der Waals surface area (Å²) in [7, 11) is 1.91. The first kappa shape index (κ1) is 13.5. The molecule has 0 aromatic carbocycles. The van der Waals surface area contributed by atoms with Crippen molar-refractivity contribution < 1.29 is 4.79 Å². The lowest BCUT2D eigenvalue weighted by atomic mass is 9.66. The molecule has 1 unspecified atom stereocenters. The van der Waals surface area contributed by atoms with E-state index in [1.807, 2.05) is 11.9 Å². The number of nitrogens with two attached hydrogens (primary N) is 1. The van der Waals surface area contributed by atoms with Crippen LogP contribution in [0.5, 0.6) is 0 Å². The Morgan fingerprint density at radius 1 is 1.38 bits per heavy atom. The van der Waals surface area contributed by atoms with Crippen molar-refractivity contribution in [2.75, 3.05) is 13.6 Å². The van der Waals surface area contributed by atoms with E-state index in [1.165, 1.54) is 6.42 Å². The van der Waals surface area contributed by atoms with Gasteiger partial charge in [-0.1, -0.05) is 20.3 Å². The molecule has 0 spiro atoms. The molecule has 1 atom stereocenters. The molecule has 0 aromatic heterocycles. The fraction of sp³-hybridized carbons (Fsp3) is 0.923. The minimum atomic E-state index is 0.127. The summed E-state index contributed by atoms with van der Waals surface area (Å²) in [5.41, 5.74) is 5.91. The summed E-state index contributed by atoms with van der Waals surface area (Å²) in [4.78, 5) is 14.0. The zero-order valence-corrected chi connectivity index (χ0v) is 11.1. The van der Waals surface area contributed by atoms with E-state index in [1.54, 1.807) is 0 Å². The van der Waals surface area contributed by atoms with Crippen LogP contribution in [0.4, 0.5) is 0 Å². The SMILES string of the molecule is CC(C)C(C)N(C)C(=O)CC1(CN)CCC1. The Bertz CT molecular complexity index is 241. The molecular formula is C13H26N2O. The van der Waals surface area contributed by atoms with Crippen LogP contribution in [0, 0.1) is 11.3 Å². The molecule has 0 radical (unpaired) electrons. The Kier molecular flexibility index (Phi) is 4.36. The molecule has 3 nitrogen and oxygen atoms in total. The van der Waals surface area contributed by atoms with E-state index in [2.05, 4.69) is 20.8 Å². The number of amides is 1. The predicted octanol–water partition coefficient (Wildman–Crippen LogP) is 2.01. The molecule has 1 fully saturated rings. The molecule has 1 amide bonds. The highest BCUT2D eigenvalue weighted by Gasteiger charge is 2.38. The molecule has 0 bridgehead atoms. The van der Waals surface area contributed by atoms with Gasteiger partial charge in [0, 0.05) is 19.5 Å². The van der Waals surface area contributed by atoms with Gasteiger partial charge in [-0.25, -0.2) is 0 Å². The maximum atomic E-state index is 12.1. The Morgan fingerprint density at radius 2 is 1.94 bits per heavy atom. The van der Waals surface area contributed by atoms with Crippen molar-refractivity contribution in [3.8, 4) is 0 Å². The zero-order chi connectivity index (χ0) is 12.3. The van der Waals surface area contributed by atoms with Gasteiger partial charge >= 0.3 is 0 Å². The quantitative estimate of drug-likeness (QED) is 0.779. The first-order valence-electron chi connectivity index (χ1n) is 6.37. The van der Waals surface area contributed by atoms with Gasteiger partial charge in [-0.05, 0) is 37.6 Å². The minimum absolute atomic E-state index is 0.127. The van der Waals surface area contributed by atoms with Crippen LogP contribution in [-0.2, 0) is 4.79 Å². The number of hydrogen-bond acceptors (Lipinski definition) is 2. The summed E-state index contributed by atoms with van der Waals surface area (Å²) in [6, 6.07) is 0.308. The van der Waals surface area contributed by atoms with Crippen LogP contribution >= 0.6 is 0 Å². The van der Waals surface area contributed by atoms with Gasteiger partial charge in [0.1, 0.15) is 0 Å². The van der Waals surface area contributed by atoms with Crippen LogP contribution in [0.25, 0.3) is 0 Å². The molecule has 16 heavy (non-hydrogen) atoms. The monoisotopic (exact) mass is 226 g/mol. The third kappa shape index (κ3) is 2.76. The number of carbonyl (C=O) groups is 1. The van der Waals surface area contributed by atoms with Gasteiger partial charge in [0.15, 0.2) is 0 Å². The summed E-state index contributed by atoms with van der Waals surface area (Å²) in [6.45, 7) is 7.06. The summed E-state index contributed by atoms with van der Waals surface area (Å²) < 4.78 is 0. The molecule has 2 N–H and O–H groups in total. The molecule has 0 aliphatic heterocycles. The van der Waals surface area contributed by atoms with Crippen molar-refractivity contribution in [2.24, 2.45) is 17.1 Å². The van der Waals surface area contributed by atoms with E-state index in [9.17, 15) is 4.79 Å². The van der Waals surface area contributed by atoms with Crippen LogP contribution in [0.2, 0.25) is 0 Å². The fourth-order valence-electron chi connectivity index (χ4n) is 2.25. The Balaban J connectivity index is 2.51. The van der Waals surface area contributed by atoms with Crippen molar-refractivity contribution in [3.63, 3.8) is 0 Å². The van der Waals surface area contributed by atoms with Gasteiger partial charge in [-0.3, -0.25) is 4.79 Å². The Hall–Kier alpha value is -0.570. The number of rotatable bonds is 5. The summed E-state index contributed by atoms with van der Waals surface area (Å²) in [5.74, 6) is 0.760. The van der Waals surface area contributed by atoms with Crippen LogP contribution in [-0.4, -0.2) is 30.4 Å². The average Bonchev–Trinajstić information content (AvgIpc) is 2.20. The topological polar surface area (TPSA) is 46.3 Å². The van der Waals surface area contributed by atoms with Crippen molar-refractivity contribution >= 4 is 5.91 Å². The average molecular weight is 226 g/mol. The summed E-state index contributed by atoms with van der Waals surface area (Å²) >= 11 is 0. The minimum Gasteiger partial charge on any atom is -0.343 e. The molecule has 0 heterocycles. The highest BCUT2D eigenvalue weighted by molar-refractivity contribution is 5.77. The first-order valence-corrected chi connectivity index (χ1v) is 6.37. The normalized spacial score (nSPS) is 20.4. The molecular weight excluding hydrogens is 200 g/mol. The first-order chi connectivity index (χ1) is 7.42. The summed E-state index contributed by atoms with van der Waals surface area (Å²) in [6.07, 6.45) is 4.11. The maximum absolute atomic E-state index is 12.1. The van der Waals surface area contributed by atoms with Gasteiger partial charge in [0.05, 0.1) is 0 Å². The predicted molar refractivity (Wildman–Crippen MR) is 67.0 cm³/mol. The molecule has 1 aliphatic carbocycles. The van der Waals surface area contributed by atoms with Crippen molar-refractivity contribution in [1.82, 2.24) is 4.90 Å². The van der Waals surface area contributed by atoms with Crippen molar-refractivity contribution in [1.29, 1.82) is 0 Å². The Labute approximate surface area is 99.4 Å². The third-order valence-electron chi connectivity index (χ3n) is 4.34. The molecule has 0 aromatic rings. The second-order valence-electron chi connectivity index (χ2n) is 5.72. The highest BCUT2D eigenvalue weighted by atomic mass is 16.2. The van der Waals surface area contributed by atoms with Crippen LogP contribution < -0.4 is 5.73 Å². The standard InChI is InChI=1S/C13H26N2O/c1-10(2)11(3)15(4)12(16)8-13(9-14)6-5-7-13/h10-11H,5-9,14H2,1-4H3. The molecule has 1 rings (SSSR count). The summed E-state index contributed by atoms with van der Waals surface area (Å²) in [5, 5.41) is 0. The second kappa shape index (κ2) is 5.17. The maximum Gasteiger partial charge on any atom is 0.223 e. The van der Waals surface area contributed by atoms with E-state index in [0.29, 0.717) is 24.9 Å². The fourth-order valence-corrected chi connectivity index (χ4v) is 2.25. The van der Waals surface area contributed by atoms with Gasteiger partial charge in [-0.2, -0.15) is 0 Å². The number of hydrogen-bond donors (Lipinski definition) is 1. The van der Waals surface area contributed by atoms with Gasteiger partial charge in [0.2, 0.25) is 5.91 Å². The van der Waals surface area contributed by atoms with Gasteiger partial charge in [0.25, 0.3) is 0 Å². The van der Waals surface area contributed by atoms with E-state index >= 15 is 0 Å². The molecule has 94 valence electrons. The van der Waals surface area contributed by atoms with E-state index in [0.717, 1.165) is 12.8 Å². The zero-order valence-electron chi connectivity index (χ0n) is 11.1. The third-order valence-corrected chi connectivity index (χ3v) is 4.34. The Morgan fingerprint density at radius 3 is 2.25 bits per heavy atom. The number of nitrogens with zero attached hydrogens (tertiary/aromatic N) is 1. The molecule has 1 aliphatic rings. The van der Waals surface area contributed by atoms with Gasteiger partial charge < -0.3 is 10.6 Å². The lowest BCUT2D eigenvalue weighted by Crippen LogP contribution is -2.45. The van der Waals surface area contributed by atoms with E-state index in [4.69, 9.17) is 5.73 Å². The lowest BCUT2D eigenvalue weighted by molar-refractivity contribution is -0.136. The lowest BCUT2D eigenvalue weighted by Gasteiger charge is -2.42. The van der Waals surface area contributed by atoms with Crippen LogP contribution in [0.3, 0.4) is 0 Å². The second-order valence-corrected chi connectivity index (χ2v) is 5.72. The van der Waals surface area contributed by atoms with Crippen molar-refractivity contribution in [3.05, 3.63) is 0 Å². The van der Waals surface area contributed by atoms with Crippen molar-refractivity contribution in [2.45, 2.75) is 52.5 Å². The molecule has 3 heteroatoms. The largest absolute Gasteiger partial charge is 0.343 e. The molecule has 0 saturated heterocycles.